The largest absolute Gasteiger partial charge is 0.478 e. The number of benzene rings is 2. The van der Waals surface area contributed by atoms with E-state index in [4.69, 9.17) is 40.5 Å². The monoisotopic (exact) mass is 580 g/mol. The van der Waals surface area contributed by atoms with Crippen LogP contribution in [0.4, 0.5) is 10.1 Å². The molecule has 1 fully saturated rings. The fourth-order valence-corrected chi connectivity index (χ4v) is 6.07. The number of carboxylic acids is 1. The number of nitrogens with zero attached hydrogens (tertiary/aromatic N) is 1. The lowest BCUT2D eigenvalue weighted by molar-refractivity contribution is -0.122. The molecule has 0 radical (unpaired) electrons. The molecule has 1 aromatic heterocycles. The first-order valence-electron chi connectivity index (χ1n) is 10.2. The molecule has 3 aromatic rings. The van der Waals surface area contributed by atoms with Gasteiger partial charge in [-0.3, -0.25) is 14.5 Å². The molecule has 1 saturated heterocycles. The Bertz CT molecular complexity index is 1420. The van der Waals surface area contributed by atoms with Crippen molar-refractivity contribution < 1.29 is 23.9 Å². The van der Waals surface area contributed by atoms with Gasteiger partial charge in [-0.15, -0.1) is 11.3 Å². The third kappa shape index (κ3) is 6.13. The van der Waals surface area contributed by atoms with Gasteiger partial charge in [0.05, 0.1) is 10.5 Å². The van der Waals surface area contributed by atoms with Gasteiger partial charge in [-0.2, -0.15) is 0 Å². The summed E-state index contributed by atoms with van der Waals surface area (Å²) >= 11 is 20.1. The summed E-state index contributed by atoms with van der Waals surface area (Å²) in [5.74, 6) is -3.15. The SMILES string of the molecule is O=C(CCN1C(=O)/C(=C/c2cc(-c3cc(Cl)cc(Cl)c3)cs2)SC1=S)Nc1ccc(C(=O)O)c(F)c1. The number of anilines is 1. The summed E-state index contributed by atoms with van der Waals surface area (Å²) in [6.45, 7) is 0.0419. The summed E-state index contributed by atoms with van der Waals surface area (Å²) in [6, 6.07) is 10.5. The van der Waals surface area contributed by atoms with Crippen LogP contribution in [0.15, 0.2) is 52.7 Å². The number of aromatic carboxylic acids is 1. The van der Waals surface area contributed by atoms with Gasteiger partial charge in [0, 0.05) is 33.6 Å². The summed E-state index contributed by atoms with van der Waals surface area (Å²) in [5.41, 5.74) is 1.39. The Morgan fingerprint density at radius 3 is 2.50 bits per heavy atom. The zero-order valence-corrected chi connectivity index (χ0v) is 22.0. The van der Waals surface area contributed by atoms with E-state index in [0.29, 0.717) is 19.3 Å². The Kier molecular flexibility index (Phi) is 8.11. The van der Waals surface area contributed by atoms with Crippen LogP contribution in [0.2, 0.25) is 10.0 Å². The third-order valence-electron chi connectivity index (χ3n) is 5.01. The van der Waals surface area contributed by atoms with Crippen LogP contribution in [0.25, 0.3) is 17.2 Å². The van der Waals surface area contributed by atoms with Gasteiger partial charge in [-0.1, -0.05) is 47.2 Å². The molecular formula is C24H15Cl2FN2O4S3. The van der Waals surface area contributed by atoms with Gasteiger partial charge in [0.25, 0.3) is 5.91 Å². The fourth-order valence-electron chi connectivity index (χ4n) is 3.33. The molecule has 6 nitrogen and oxygen atoms in total. The Hall–Kier alpha value is -2.76. The van der Waals surface area contributed by atoms with Gasteiger partial charge in [-0.05, 0) is 65.0 Å². The molecule has 1 aliphatic rings. The Morgan fingerprint density at radius 2 is 1.83 bits per heavy atom. The molecule has 0 bridgehead atoms. The molecule has 0 atom stereocenters. The van der Waals surface area contributed by atoms with E-state index in [9.17, 15) is 18.8 Å². The van der Waals surface area contributed by atoms with Gasteiger partial charge >= 0.3 is 5.97 Å². The molecule has 0 saturated carbocycles. The van der Waals surface area contributed by atoms with Crippen molar-refractivity contribution >= 4 is 92.4 Å². The maximum absolute atomic E-state index is 13.8. The number of thioether (sulfide) groups is 1. The molecule has 2 N–H and O–H groups in total. The minimum atomic E-state index is -1.40. The van der Waals surface area contributed by atoms with Crippen LogP contribution >= 0.6 is 58.5 Å². The number of carbonyl (C=O) groups excluding carboxylic acids is 2. The maximum Gasteiger partial charge on any atom is 0.338 e. The lowest BCUT2D eigenvalue weighted by atomic mass is 10.1. The highest BCUT2D eigenvalue weighted by Gasteiger charge is 2.32. The third-order valence-corrected chi connectivity index (χ3v) is 7.70. The molecule has 2 heterocycles. The maximum atomic E-state index is 13.8. The molecule has 12 heteroatoms. The van der Waals surface area contributed by atoms with E-state index in [1.165, 1.54) is 22.3 Å². The minimum Gasteiger partial charge on any atom is -0.478 e. The molecule has 36 heavy (non-hydrogen) atoms. The van der Waals surface area contributed by atoms with Crippen molar-refractivity contribution in [2.75, 3.05) is 11.9 Å². The van der Waals surface area contributed by atoms with Crippen LogP contribution in [0.5, 0.6) is 0 Å². The van der Waals surface area contributed by atoms with Gasteiger partial charge in [0.2, 0.25) is 5.91 Å². The van der Waals surface area contributed by atoms with E-state index in [1.54, 1.807) is 24.3 Å². The number of halogens is 3. The smallest absolute Gasteiger partial charge is 0.338 e. The van der Waals surface area contributed by atoms with Gasteiger partial charge in [0.1, 0.15) is 10.1 Å². The number of hydrogen-bond acceptors (Lipinski definition) is 6. The predicted molar refractivity (Wildman–Crippen MR) is 146 cm³/mol. The van der Waals surface area contributed by atoms with Crippen LogP contribution in [0.3, 0.4) is 0 Å². The van der Waals surface area contributed by atoms with Crippen LogP contribution in [0.1, 0.15) is 21.7 Å². The average molecular weight is 581 g/mol. The zero-order valence-electron chi connectivity index (χ0n) is 18.1. The number of carboxylic acid groups (broad SMARTS) is 1. The first-order chi connectivity index (χ1) is 17.1. The second-order valence-electron chi connectivity index (χ2n) is 7.53. The van der Waals surface area contributed by atoms with Crippen molar-refractivity contribution in [1.29, 1.82) is 0 Å². The molecule has 2 amide bonds. The number of nitrogens with one attached hydrogen (secondary N) is 1. The number of thiophene rings is 1. The van der Waals surface area contributed by atoms with Crippen molar-refractivity contribution in [2.45, 2.75) is 6.42 Å². The van der Waals surface area contributed by atoms with Crippen LogP contribution in [-0.4, -0.2) is 38.7 Å². The summed E-state index contributed by atoms with van der Waals surface area (Å²) in [5, 5.41) is 14.4. The normalized spacial score (nSPS) is 14.5. The van der Waals surface area contributed by atoms with Gasteiger partial charge < -0.3 is 10.4 Å². The van der Waals surface area contributed by atoms with Crippen LogP contribution in [0, 0.1) is 5.82 Å². The number of rotatable bonds is 7. The Labute approximate surface area is 228 Å². The molecule has 0 aliphatic carbocycles. The summed E-state index contributed by atoms with van der Waals surface area (Å²) in [7, 11) is 0. The molecule has 0 unspecified atom stereocenters. The van der Waals surface area contributed by atoms with Gasteiger partial charge in [0.15, 0.2) is 0 Å². The number of hydrogen-bond donors (Lipinski definition) is 2. The number of thiocarbonyl (C=S) groups is 1. The summed E-state index contributed by atoms with van der Waals surface area (Å²) in [6.07, 6.45) is 1.66. The average Bonchev–Trinajstić information content (AvgIpc) is 3.36. The lowest BCUT2D eigenvalue weighted by Gasteiger charge is -2.14. The minimum absolute atomic E-state index is 0.0419. The molecular weight excluding hydrogens is 566 g/mol. The van der Waals surface area contributed by atoms with Crippen molar-refractivity contribution in [2.24, 2.45) is 0 Å². The Morgan fingerprint density at radius 1 is 1.11 bits per heavy atom. The topological polar surface area (TPSA) is 86.7 Å². The van der Waals surface area contributed by atoms with E-state index >= 15 is 0 Å². The molecule has 184 valence electrons. The van der Waals surface area contributed by atoms with Crippen molar-refractivity contribution in [1.82, 2.24) is 4.90 Å². The molecule has 2 aromatic carbocycles. The van der Waals surface area contributed by atoms with Crippen molar-refractivity contribution in [3.05, 3.63) is 79.1 Å². The highest BCUT2D eigenvalue weighted by Crippen LogP contribution is 2.36. The zero-order chi connectivity index (χ0) is 26.0. The second-order valence-corrected chi connectivity index (χ2v) is 11.0. The first-order valence-corrected chi connectivity index (χ1v) is 13.1. The van der Waals surface area contributed by atoms with Crippen LogP contribution < -0.4 is 5.32 Å². The van der Waals surface area contributed by atoms with E-state index in [-0.39, 0.29) is 24.6 Å². The van der Waals surface area contributed by atoms with Crippen LogP contribution in [-0.2, 0) is 9.59 Å². The molecule has 1 aliphatic heterocycles. The van der Waals surface area contributed by atoms with E-state index in [1.807, 2.05) is 11.4 Å². The lowest BCUT2D eigenvalue weighted by Crippen LogP contribution is -2.31. The summed E-state index contributed by atoms with van der Waals surface area (Å²) < 4.78 is 14.1. The van der Waals surface area contributed by atoms with E-state index < -0.39 is 23.3 Å². The summed E-state index contributed by atoms with van der Waals surface area (Å²) in [4.78, 5) is 38.7. The van der Waals surface area contributed by atoms with Crippen molar-refractivity contribution in [3.8, 4) is 11.1 Å². The highest BCUT2D eigenvalue weighted by atomic mass is 35.5. The van der Waals surface area contributed by atoms with E-state index in [0.717, 1.165) is 39.9 Å². The van der Waals surface area contributed by atoms with Gasteiger partial charge in [-0.25, -0.2) is 9.18 Å². The van der Waals surface area contributed by atoms with E-state index in [2.05, 4.69) is 5.32 Å². The number of amides is 2. The molecule has 4 rings (SSSR count). The molecule has 0 spiro atoms. The Balaban J connectivity index is 1.38. The highest BCUT2D eigenvalue weighted by molar-refractivity contribution is 8.26. The second kappa shape index (κ2) is 11.1. The van der Waals surface area contributed by atoms with Crippen molar-refractivity contribution in [3.63, 3.8) is 0 Å². The number of carbonyl (C=O) groups is 3. The fraction of sp³-hybridized carbons (Fsp3) is 0.0833. The standard InChI is InChI=1S/C24H15Cl2FN2O4S3/c25-14-5-12(6-15(26)8-14)13-7-17(35-11-13)10-20-22(31)29(24(34)36-20)4-3-21(30)28-16-1-2-18(23(32)33)19(27)9-16/h1-2,5-11H,3-4H2,(H,28,30)(H,32,33)/b20-10-. The first kappa shape index (κ1) is 26.3. The predicted octanol–water partition coefficient (Wildman–Crippen LogP) is 6.79. The quantitative estimate of drug-likeness (QED) is 0.236.